The predicted octanol–water partition coefficient (Wildman–Crippen LogP) is 3.63. The van der Waals surface area contributed by atoms with Crippen LogP contribution in [0.2, 0.25) is 0 Å². The van der Waals surface area contributed by atoms with Crippen molar-refractivity contribution in [3.63, 3.8) is 0 Å². The van der Waals surface area contributed by atoms with Gasteiger partial charge >= 0.3 is 0 Å². The Hall–Kier alpha value is -2.30. The largest absolute Gasteiger partial charge is 0.494 e. The maximum Gasteiger partial charge on any atom is 0.142 e. The van der Waals surface area contributed by atoms with Crippen LogP contribution in [-0.4, -0.2) is 18.2 Å². The van der Waals surface area contributed by atoms with Crippen molar-refractivity contribution in [1.29, 1.82) is 0 Å². The van der Waals surface area contributed by atoms with Crippen molar-refractivity contribution < 1.29 is 13.9 Å². The lowest BCUT2D eigenvalue weighted by molar-refractivity contribution is 0.332. The van der Waals surface area contributed by atoms with Gasteiger partial charge in [-0.25, -0.2) is 4.39 Å². The molecule has 0 bridgehead atoms. The second kappa shape index (κ2) is 7.47. The Bertz CT molecular complexity index is 590. The van der Waals surface area contributed by atoms with E-state index < -0.39 is 0 Å². The molecule has 1 aromatic heterocycles. The summed E-state index contributed by atoms with van der Waals surface area (Å²) in [6.07, 6.45) is 2.81. The molecule has 0 fully saturated rings. The minimum absolute atomic E-state index is 0.345. The number of rotatable bonds is 7. The molecule has 4 nitrogen and oxygen atoms in total. The average molecular weight is 290 g/mol. The Morgan fingerprint density at radius 1 is 1.10 bits per heavy atom. The fraction of sp³-hybridized carbons (Fsp3) is 0.312. The van der Waals surface area contributed by atoms with Crippen LogP contribution in [-0.2, 0) is 6.54 Å². The molecule has 0 aliphatic carbocycles. The van der Waals surface area contributed by atoms with Crippen molar-refractivity contribution in [3.8, 4) is 11.5 Å². The van der Waals surface area contributed by atoms with Crippen molar-refractivity contribution in [3.05, 3.63) is 48.0 Å². The first-order valence-corrected chi connectivity index (χ1v) is 6.96. The highest BCUT2D eigenvalue weighted by atomic mass is 19.1. The van der Waals surface area contributed by atoms with Gasteiger partial charge in [-0.3, -0.25) is 4.98 Å². The summed E-state index contributed by atoms with van der Waals surface area (Å²) in [5, 5.41) is 3.23. The standard InChI is InChI=1S/C16H19FN2O2/c1-3-20-14-5-6-16(21-4-2)15(8-14)19-10-12-7-13(17)11-18-9-12/h5-9,11,19H,3-4,10H2,1-2H3. The summed E-state index contributed by atoms with van der Waals surface area (Å²) in [4.78, 5) is 3.83. The lowest BCUT2D eigenvalue weighted by atomic mass is 10.2. The maximum absolute atomic E-state index is 13.1. The molecule has 21 heavy (non-hydrogen) atoms. The fourth-order valence-corrected chi connectivity index (χ4v) is 1.93. The molecule has 2 rings (SSSR count). The highest BCUT2D eigenvalue weighted by Gasteiger charge is 2.06. The van der Waals surface area contributed by atoms with Crippen LogP contribution < -0.4 is 14.8 Å². The molecule has 2 aromatic rings. The number of aromatic nitrogens is 1. The van der Waals surface area contributed by atoms with E-state index in [0.717, 1.165) is 22.7 Å². The number of anilines is 1. The van der Waals surface area contributed by atoms with Crippen LogP contribution in [0.25, 0.3) is 0 Å². The highest BCUT2D eigenvalue weighted by molar-refractivity contribution is 5.60. The minimum atomic E-state index is -0.345. The summed E-state index contributed by atoms with van der Waals surface area (Å²) in [7, 11) is 0. The summed E-state index contributed by atoms with van der Waals surface area (Å²) >= 11 is 0. The number of halogens is 1. The van der Waals surface area contributed by atoms with Gasteiger partial charge in [0.25, 0.3) is 0 Å². The third-order valence-corrected chi connectivity index (χ3v) is 2.81. The molecule has 1 aromatic carbocycles. The van der Waals surface area contributed by atoms with Crippen LogP contribution in [0.4, 0.5) is 10.1 Å². The summed E-state index contributed by atoms with van der Waals surface area (Å²) in [6.45, 7) is 5.49. The number of pyridine rings is 1. The first-order chi connectivity index (χ1) is 10.2. The van der Waals surface area contributed by atoms with Gasteiger partial charge in [0.15, 0.2) is 0 Å². The minimum Gasteiger partial charge on any atom is -0.494 e. The molecule has 5 heteroatoms. The summed E-state index contributed by atoms with van der Waals surface area (Å²) in [5.74, 6) is 1.16. The van der Waals surface area contributed by atoms with E-state index in [2.05, 4.69) is 10.3 Å². The van der Waals surface area contributed by atoms with E-state index in [4.69, 9.17) is 9.47 Å². The van der Waals surface area contributed by atoms with Gasteiger partial charge in [-0.1, -0.05) is 0 Å². The number of ether oxygens (including phenoxy) is 2. The zero-order valence-electron chi connectivity index (χ0n) is 12.2. The van der Waals surface area contributed by atoms with Gasteiger partial charge in [0.2, 0.25) is 0 Å². The van der Waals surface area contributed by atoms with E-state index in [-0.39, 0.29) is 5.82 Å². The average Bonchev–Trinajstić information content (AvgIpc) is 2.48. The Balaban J connectivity index is 2.14. The Kier molecular flexibility index (Phi) is 5.37. The van der Waals surface area contributed by atoms with Gasteiger partial charge in [-0.2, -0.15) is 0 Å². The van der Waals surface area contributed by atoms with E-state index in [1.165, 1.54) is 12.3 Å². The Morgan fingerprint density at radius 2 is 1.90 bits per heavy atom. The number of nitrogens with one attached hydrogen (secondary N) is 1. The van der Waals surface area contributed by atoms with Crippen LogP contribution in [0.15, 0.2) is 36.7 Å². The maximum atomic E-state index is 13.1. The highest BCUT2D eigenvalue weighted by Crippen LogP contribution is 2.29. The fourth-order valence-electron chi connectivity index (χ4n) is 1.93. The van der Waals surface area contributed by atoms with Gasteiger partial charge in [0, 0.05) is 18.8 Å². The lowest BCUT2D eigenvalue weighted by Crippen LogP contribution is -2.04. The topological polar surface area (TPSA) is 43.4 Å². The molecule has 0 saturated carbocycles. The van der Waals surface area contributed by atoms with E-state index in [1.807, 2.05) is 32.0 Å². The molecule has 0 unspecified atom stereocenters. The van der Waals surface area contributed by atoms with Gasteiger partial charge in [0.1, 0.15) is 17.3 Å². The molecule has 0 radical (unpaired) electrons. The summed E-state index contributed by atoms with van der Waals surface area (Å²) in [5.41, 5.74) is 1.58. The zero-order chi connectivity index (χ0) is 15.1. The monoisotopic (exact) mass is 290 g/mol. The number of hydrogen-bond acceptors (Lipinski definition) is 4. The van der Waals surface area contributed by atoms with Crippen molar-refractivity contribution in [2.75, 3.05) is 18.5 Å². The molecule has 1 heterocycles. The van der Waals surface area contributed by atoms with Crippen LogP contribution in [0.1, 0.15) is 19.4 Å². The Morgan fingerprint density at radius 3 is 2.62 bits per heavy atom. The van der Waals surface area contributed by atoms with Gasteiger partial charge < -0.3 is 14.8 Å². The predicted molar refractivity (Wildman–Crippen MR) is 80.3 cm³/mol. The van der Waals surface area contributed by atoms with Crippen molar-refractivity contribution in [2.45, 2.75) is 20.4 Å². The molecule has 0 aliphatic heterocycles. The molecule has 112 valence electrons. The van der Waals surface area contributed by atoms with Gasteiger partial charge in [-0.15, -0.1) is 0 Å². The smallest absolute Gasteiger partial charge is 0.142 e. The van der Waals surface area contributed by atoms with Crippen molar-refractivity contribution in [1.82, 2.24) is 4.98 Å². The number of benzene rings is 1. The van der Waals surface area contributed by atoms with E-state index >= 15 is 0 Å². The third-order valence-electron chi connectivity index (χ3n) is 2.81. The molecule has 0 amide bonds. The molecule has 0 saturated heterocycles. The van der Waals surface area contributed by atoms with Crippen LogP contribution >= 0.6 is 0 Å². The first-order valence-electron chi connectivity index (χ1n) is 6.96. The van der Waals surface area contributed by atoms with E-state index in [9.17, 15) is 4.39 Å². The SMILES string of the molecule is CCOc1ccc(OCC)c(NCc2cncc(F)c2)c1. The zero-order valence-corrected chi connectivity index (χ0v) is 12.2. The van der Waals surface area contributed by atoms with Crippen LogP contribution in [0.3, 0.4) is 0 Å². The van der Waals surface area contributed by atoms with Crippen LogP contribution in [0, 0.1) is 5.82 Å². The molecule has 1 N–H and O–H groups in total. The second-order valence-electron chi connectivity index (χ2n) is 4.39. The first kappa shape index (κ1) is 15.1. The molecule has 0 atom stereocenters. The molecular weight excluding hydrogens is 271 g/mol. The van der Waals surface area contributed by atoms with E-state index in [1.54, 1.807) is 6.20 Å². The normalized spacial score (nSPS) is 10.2. The van der Waals surface area contributed by atoms with Crippen molar-refractivity contribution in [2.24, 2.45) is 0 Å². The van der Waals surface area contributed by atoms with Gasteiger partial charge in [0.05, 0.1) is 25.1 Å². The number of hydrogen-bond donors (Lipinski definition) is 1. The molecule has 0 spiro atoms. The molecular formula is C16H19FN2O2. The number of nitrogens with zero attached hydrogens (tertiary/aromatic N) is 1. The van der Waals surface area contributed by atoms with Crippen molar-refractivity contribution >= 4 is 5.69 Å². The van der Waals surface area contributed by atoms with Crippen LogP contribution in [0.5, 0.6) is 11.5 Å². The second-order valence-corrected chi connectivity index (χ2v) is 4.39. The lowest BCUT2D eigenvalue weighted by Gasteiger charge is -2.14. The quantitative estimate of drug-likeness (QED) is 0.845. The van der Waals surface area contributed by atoms with Gasteiger partial charge in [-0.05, 0) is 37.6 Å². The summed E-state index contributed by atoms with van der Waals surface area (Å²) < 4.78 is 24.2. The molecule has 0 aliphatic rings. The third kappa shape index (κ3) is 4.34. The Labute approximate surface area is 123 Å². The van der Waals surface area contributed by atoms with E-state index in [0.29, 0.717) is 19.8 Å². The summed E-state index contributed by atoms with van der Waals surface area (Å²) in [6, 6.07) is 7.05.